The summed E-state index contributed by atoms with van der Waals surface area (Å²) in [7, 11) is 0. The number of hydrogen-bond donors (Lipinski definition) is 1. The van der Waals surface area contributed by atoms with Gasteiger partial charge in [-0.25, -0.2) is 0 Å². The van der Waals surface area contributed by atoms with E-state index in [-0.39, 0.29) is 5.91 Å². The zero-order valence-corrected chi connectivity index (χ0v) is 13.8. The summed E-state index contributed by atoms with van der Waals surface area (Å²) in [6.45, 7) is 2.16. The SMILES string of the molecule is CCCC=Cc1ccc(C(=O)Nc2ccc3ccccc3c2)cc1. The van der Waals surface area contributed by atoms with Crippen molar-refractivity contribution in [2.75, 3.05) is 5.32 Å². The predicted octanol–water partition coefficient (Wildman–Crippen LogP) is 5.91. The summed E-state index contributed by atoms with van der Waals surface area (Å²) < 4.78 is 0. The molecule has 0 unspecified atom stereocenters. The standard InChI is InChI=1S/C22H21NO/c1-2-3-4-7-17-10-12-19(13-11-17)22(24)23-21-15-14-18-8-5-6-9-20(18)16-21/h4-16H,2-3H2,1H3,(H,23,24). The van der Waals surface area contributed by atoms with Gasteiger partial charge in [-0.1, -0.05) is 68.0 Å². The molecule has 0 saturated heterocycles. The number of fused-ring (bicyclic) bond motifs is 1. The fourth-order valence-corrected chi connectivity index (χ4v) is 2.60. The second-order valence-corrected chi connectivity index (χ2v) is 5.83. The molecule has 24 heavy (non-hydrogen) atoms. The lowest BCUT2D eigenvalue weighted by atomic mass is 10.1. The van der Waals surface area contributed by atoms with Gasteiger partial charge in [0.2, 0.25) is 0 Å². The zero-order valence-electron chi connectivity index (χ0n) is 13.8. The van der Waals surface area contributed by atoms with Crippen molar-refractivity contribution in [3.63, 3.8) is 0 Å². The third-order valence-electron chi connectivity index (χ3n) is 3.95. The predicted molar refractivity (Wildman–Crippen MR) is 102 cm³/mol. The number of carbonyl (C=O) groups is 1. The molecule has 0 spiro atoms. The lowest BCUT2D eigenvalue weighted by Gasteiger charge is -2.07. The van der Waals surface area contributed by atoms with Crippen LogP contribution in [0.1, 0.15) is 35.7 Å². The molecule has 0 bridgehead atoms. The molecule has 1 N–H and O–H groups in total. The Labute approximate surface area is 142 Å². The van der Waals surface area contributed by atoms with Crippen molar-refractivity contribution < 1.29 is 4.79 Å². The van der Waals surface area contributed by atoms with Crippen molar-refractivity contribution >= 4 is 28.4 Å². The van der Waals surface area contributed by atoms with Gasteiger partial charge < -0.3 is 5.32 Å². The Balaban J connectivity index is 1.71. The molecule has 0 fully saturated rings. The maximum atomic E-state index is 12.4. The van der Waals surface area contributed by atoms with Crippen molar-refractivity contribution in [3.8, 4) is 0 Å². The van der Waals surface area contributed by atoms with Crippen LogP contribution in [0.15, 0.2) is 72.8 Å². The summed E-state index contributed by atoms with van der Waals surface area (Å²) in [6, 6.07) is 21.7. The van der Waals surface area contributed by atoms with Gasteiger partial charge in [-0.2, -0.15) is 0 Å². The van der Waals surface area contributed by atoms with E-state index in [1.807, 2.05) is 60.7 Å². The molecule has 0 aromatic heterocycles. The van der Waals surface area contributed by atoms with E-state index in [0.29, 0.717) is 5.56 Å². The molecule has 0 heterocycles. The van der Waals surface area contributed by atoms with E-state index in [1.165, 1.54) is 5.39 Å². The lowest BCUT2D eigenvalue weighted by molar-refractivity contribution is 0.102. The van der Waals surface area contributed by atoms with E-state index in [9.17, 15) is 4.79 Å². The van der Waals surface area contributed by atoms with Gasteiger partial charge in [0.1, 0.15) is 0 Å². The number of unbranched alkanes of at least 4 members (excludes halogenated alkanes) is 1. The number of benzene rings is 3. The van der Waals surface area contributed by atoms with Gasteiger partial charge >= 0.3 is 0 Å². The Morgan fingerprint density at radius 1 is 0.958 bits per heavy atom. The molecule has 0 radical (unpaired) electrons. The Morgan fingerprint density at radius 3 is 2.46 bits per heavy atom. The molecular weight excluding hydrogens is 294 g/mol. The second-order valence-electron chi connectivity index (χ2n) is 5.83. The minimum atomic E-state index is -0.0885. The van der Waals surface area contributed by atoms with Crippen LogP contribution in [0.2, 0.25) is 0 Å². The first-order chi connectivity index (χ1) is 11.8. The van der Waals surface area contributed by atoms with Crippen LogP contribution in [-0.2, 0) is 0 Å². The molecule has 0 saturated carbocycles. The van der Waals surface area contributed by atoms with Crippen LogP contribution in [0.5, 0.6) is 0 Å². The van der Waals surface area contributed by atoms with Crippen LogP contribution in [0.3, 0.4) is 0 Å². The highest BCUT2D eigenvalue weighted by Gasteiger charge is 2.06. The van der Waals surface area contributed by atoms with Crippen molar-refractivity contribution in [1.82, 2.24) is 0 Å². The zero-order chi connectivity index (χ0) is 16.8. The van der Waals surface area contributed by atoms with E-state index < -0.39 is 0 Å². The topological polar surface area (TPSA) is 29.1 Å². The van der Waals surface area contributed by atoms with E-state index >= 15 is 0 Å². The summed E-state index contributed by atoms with van der Waals surface area (Å²) >= 11 is 0. The third kappa shape index (κ3) is 3.90. The Kier molecular flexibility index (Phi) is 5.07. The summed E-state index contributed by atoms with van der Waals surface area (Å²) in [4.78, 5) is 12.4. The Bertz CT molecular complexity index is 863. The van der Waals surface area contributed by atoms with E-state index in [2.05, 4.69) is 30.5 Å². The number of rotatable bonds is 5. The monoisotopic (exact) mass is 315 g/mol. The Hall–Kier alpha value is -2.87. The molecule has 0 atom stereocenters. The molecule has 3 aromatic carbocycles. The fourth-order valence-electron chi connectivity index (χ4n) is 2.60. The van der Waals surface area contributed by atoms with Gasteiger partial charge in [-0.15, -0.1) is 0 Å². The highest BCUT2D eigenvalue weighted by Crippen LogP contribution is 2.19. The van der Waals surface area contributed by atoms with E-state index in [0.717, 1.165) is 29.5 Å². The summed E-state index contributed by atoms with van der Waals surface area (Å²) in [5, 5.41) is 5.25. The number of hydrogen-bond acceptors (Lipinski definition) is 1. The first-order valence-electron chi connectivity index (χ1n) is 8.33. The summed E-state index contributed by atoms with van der Waals surface area (Å²) in [5.41, 5.74) is 2.59. The number of amides is 1. The second kappa shape index (κ2) is 7.60. The van der Waals surface area contributed by atoms with Crippen LogP contribution in [-0.4, -0.2) is 5.91 Å². The minimum Gasteiger partial charge on any atom is -0.322 e. The van der Waals surface area contributed by atoms with Crippen LogP contribution in [0.25, 0.3) is 16.8 Å². The molecule has 2 heteroatoms. The number of allylic oxidation sites excluding steroid dienone is 1. The number of anilines is 1. The number of nitrogens with one attached hydrogen (secondary N) is 1. The molecule has 1 amide bonds. The average Bonchev–Trinajstić information content (AvgIpc) is 2.62. The van der Waals surface area contributed by atoms with E-state index in [4.69, 9.17) is 0 Å². The fraction of sp³-hybridized carbons (Fsp3) is 0.136. The lowest BCUT2D eigenvalue weighted by Crippen LogP contribution is -2.11. The minimum absolute atomic E-state index is 0.0885. The molecule has 0 aliphatic carbocycles. The Morgan fingerprint density at radius 2 is 1.71 bits per heavy atom. The van der Waals surface area contributed by atoms with Crippen molar-refractivity contribution in [2.45, 2.75) is 19.8 Å². The van der Waals surface area contributed by atoms with Gasteiger partial charge in [-0.05, 0) is 47.0 Å². The largest absolute Gasteiger partial charge is 0.322 e. The normalized spacial score (nSPS) is 11.0. The molecule has 3 rings (SSSR count). The summed E-state index contributed by atoms with van der Waals surface area (Å²) in [5.74, 6) is -0.0885. The van der Waals surface area contributed by atoms with Gasteiger partial charge in [-0.3, -0.25) is 4.79 Å². The number of carbonyl (C=O) groups excluding carboxylic acids is 1. The maximum absolute atomic E-state index is 12.4. The molecule has 2 nitrogen and oxygen atoms in total. The van der Waals surface area contributed by atoms with Crippen LogP contribution >= 0.6 is 0 Å². The average molecular weight is 315 g/mol. The smallest absolute Gasteiger partial charge is 0.255 e. The van der Waals surface area contributed by atoms with E-state index in [1.54, 1.807) is 0 Å². The van der Waals surface area contributed by atoms with Gasteiger partial charge in [0.25, 0.3) is 5.91 Å². The van der Waals surface area contributed by atoms with Crippen molar-refractivity contribution in [1.29, 1.82) is 0 Å². The summed E-state index contributed by atoms with van der Waals surface area (Å²) in [6.07, 6.45) is 6.46. The molecule has 3 aromatic rings. The van der Waals surface area contributed by atoms with Crippen molar-refractivity contribution in [2.24, 2.45) is 0 Å². The maximum Gasteiger partial charge on any atom is 0.255 e. The van der Waals surface area contributed by atoms with Crippen LogP contribution < -0.4 is 5.32 Å². The van der Waals surface area contributed by atoms with Gasteiger partial charge in [0.15, 0.2) is 0 Å². The molecule has 120 valence electrons. The highest BCUT2D eigenvalue weighted by atomic mass is 16.1. The first kappa shape index (κ1) is 16.0. The van der Waals surface area contributed by atoms with Crippen LogP contribution in [0.4, 0.5) is 5.69 Å². The van der Waals surface area contributed by atoms with Gasteiger partial charge in [0, 0.05) is 11.3 Å². The van der Waals surface area contributed by atoms with Crippen molar-refractivity contribution in [3.05, 3.63) is 83.9 Å². The third-order valence-corrected chi connectivity index (χ3v) is 3.95. The molecule has 0 aliphatic rings. The quantitative estimate of drug-likeness (QED) is 0.623. The van der Waals surface area contributed by atoms with Gasteiger partial charge in [0.05, 0.1) is 0 Å². The first-order valence-corrected chi connectivity index (χ1v) is 8.33. The van der Waals surface area contributed by atoms with Crippen LogP contribution in [0, 0.1) is 0 Å². The molecule has 0 aliphatic heterocycles. The highest BCUT2D eigenvalue weighted by molar-refractivity contribution is 6.05. The molecular formula is C22H21NO.